The standard InChI is InChI=1S/C22H27F2N5O4/c1-5-18-17(21(30)32-3)13-19(20(25-18)31-2)26-22(27-33-4)29-8-6-28(7-9-29)16-11-14(23)10-15(24)12-16/h10-13H,5-9H2,1-4H3,(H,26,27). The van der Waals surface area contributed by atoms with Crippen LogP contribution >= 0.6 is 0 Å². The topological polar surface area (TPSA) is 88.5 Å². The summed E-state index contributed by atoms with van der Waals surface area (Å²) in [6, 6.07) is 5.03. The Morgan fingerprint density at radius 1 is 1.09 bits per heavy atom. The molecule has 2 heterocycles. The van der Waals surface area contributed by atoms with Gasteiger partial charge in [0.1, 0.15) is 17.3 Å². The summed E-state index contributed by atoms with van der Waals surface area (Å²) in [4.78, 5) is 30.1. The molecule has 11 heteroatoms. The van der Waals surface area contributed by atoms with Crippen LogP contribution in [0.15, 0.2) is 29.3 Å². The van der Waals surface area contributed by atoms with Gasteiger partial charge in [-0.1, -0.05) is 6.92 Å². The zero-order valence-electron chi connectivity index (χ0n) is 19.0. The van der Waals surface area contributed by atoms with E-state index in [2.05, 4.69) is 15.5 Å². The van der Waals surface area contributed by atoms with Crippen LogP contribution in [0.5, 0.6) is 5.88 Å². The fourth-order valence-corrected chi connectivity index (χ4v) is 3.57. The van der Waals surface area contributed by atoms with E-state index in [1.165, 1.54) is 33.5 Å². The van der Waals surface area contributed by atoms with Crippen molar-refractivity contribution in [1.82, 2.24) is 15.4 Å². The van der Waals surface area contributed by atoms with Crippen LogP contribution in [0.25, 0.3) is 0 Å². The number of rotatable bonds is 6. The Morgan fingerprint density at radius 3 is 2.30 bits per heavy atom. The third kappa shape index (κ3) is 5.67. The molecule has 1 aromatic carbocycles. The number of aromatic nitrogens is 1. The van der Waals surface area contributed by atoms with Gasteiger partial charge in [-0.05, 0) is 24.6 Å². The number of guanidine groups is 1. The second-order valence-corrected chi connectivity index (χ2v) is 7.20. The predicted molar refractivity (Wildman–Crippen MR) is 119 cm³/mol. The monoisotopic (exact) mass is 463 g/mol. The number of pyridine rings is 1. The highest BCUT2D eigenvalue weighted by Gasteiger charge is 2.23. The van der Waals surface area contributed by atoms with E-state index in [4.69, 9.17) is 14.3 Å². The molecule has 1 fully saturated rings. The van der Waals surface area contributed by atoms with Gasteiger partial charge in [0, 0.05) is 37.9 Å². The van der Waals surface area contributed by atoms with E-state index in [9.17, 15) is 13.6 Å². The maximum Gasteiger partial charge on any atom is 0.339 e. The number of aryl methyl sites for hydroxylation is 1. The molecule has 2 aromatic rings. The SMILES string of the molecule is CCc1nc(OC)c(N=C(NOC)N2CCN(c3cc(F)cc(F)c3)CC2)cc1C(=O)OC. The molecule has 1 N–H and O–H groups in total. The van der Waals surface area contributed by atoms with Gasteiger partial charge in [-0.3, -0.25) is 4.84 Å². The Hall–Kier alpha value is -3.47. The number of benzene rings is 1. The van der Waals surface area contributed by atoms with E-state index in [0.29, 0.717) is 61.2 Å². The van der Waals surface area contributed by atoms with Crippen LogP contribution in [-0.4, -0.2) is 69.3 Å². The molecule has 0 atom stereocenters. The molecule has 33 heavy (non-hydrogen) atoms. The minimum atomic E-state index is -0.618. The maximum atomic E-state index is 13.6. The highest BCUT2D eigenvalue weighted by Crippen LogP contribution is 2.29. The van der Waals surface area contributed by atoms with Crippen LogP contribution in [0, 0.1) is 11.6 Å². The van der Waals surface area contributed by atoms with Gasteiger partial charge in [-0.25, -0.2) is 29.0 Å². The van der Waals surface area contributed by atoms with Crippen molar-refractivity contribution in [3.05, 3.63) is 47.2 Å². The zero-order valence-corrected chi connectivity index (χ0v) is 19.0. The number of piperazine rings is 1. The van der Waals surface area contributed by atoms with Crippen LogP contribution in [0.3, 0.4) is 0 Å². The van der Waals surface area contributed by atoms with Gasteiger partial charge in [0.2, 0.25) is 11.8 Å². The number of aliphatic imine (C=N–C) groups is 1. The van der Waals surface area contributed by atoms with Crippen molar-refractivity contribution in [3.8, 4) is 5.88 Å². The molecule has 0 saturated carbocycles. The van der Waals surface area contributed by atoms with Crippen molar-refractivity contribution >= 4 is 23.3 Å². The van der Waals surface area contributed by atoms with Gasteiger partial charge in [-0.15, -0.1) is 0 Å². The molecule has 0 unspecified atom stereocenters. The summed E-state index contributed by atoms with van der Waals surface area (Å²) >= 11 is 0. The molecule has 0 radical (unpaired) electrons. The summed E-state index contributed by atoms with van der Waals surface area (Å²) in [5, 5.41) is 0. The van der Waals surface area contributed by atoms with Gasteiger partial charge in [-0.2, -0.15) is 0 Å². The summed E-state index contributed by atoms with van der Waals surface area (Å²) in [5.74, 6) is -1.12. The smallest absolute Gasteiger partial charge is 0.339 e. The normalized spacial score (nSPS) is 14.3. The van der Waals surface area contributed by atoms with Crippen molar-refractivity contribution < 1.29 is 27.9 Å². The second-order valence-electron chi connectivity index (χ2n) is 7.20. The van der Waals surface area contributed by atoms with Crippen LogP contribution in [0.2, 0.25) is 0 Å². The van der Waals surface area contributed by atoms with Gasteiger partial charge in [0.05, 0.1) is 32.6 Å². The number of hydrogen-bond acceptors (Lipinski definition) is 7. The molecule has 9 nitrogen and oxygen atoms in total. The molecule has 1 aliphatic heterocycles. The largest absolute Gasteiger partial charge is 0.479 e. The lowest BCUT2D eigenvalue weighted by molar-refractivity contribution is 0.0599. The van der Waals surface area contributed by atoms with Crippen molar-refractivity contribution in [2.24, 2.45) is 4.99 Å². The van der Waals surface area contributed by atoms with Gasteiger partial charge in [0.15, 0.2) is 0 Å². The lowest BCUT2D eigenvalue weighted by Crippen LogP contribution is -2.52. The number of carbonyl (C=O) groups is 1. The molecular weight excluding hydrogens is 436 g/mol. The lowest BCUT2D eigenvalue weighted by Gasteiger charge is -2.37. The van der Waals surface area contributed by atoms with E-state index in [1.807, 2.05) is 16.7 Å². The number of anilines is 1. The number of hydroxylamine groups is 1. The molecule has 0 spiro atoms. The first-order valence-electron chi connectivity index (χ1n) is 10.4. The Labute approximate surface area is 190 Å². The third-order valence-electron chi connectivity index (χ3n) is 5.19. The molecule has 0 aliphatic carbocycles. The number of esters is 1. The average Bonchev–Trinajstić information content (AvgIpc) is 2.82. The number of hydrogen-bond donors (Lipinski definition) is 1. The van der Waals surface area contributed by atoms with Crippen LogP contribution in [0.1, 0.15) is 23.0 Å². The van der Waals surface area contributed by atoms with Crippen LogP contribution in [0.4, 0.5) is 20.2 Å². The number of halogens is 2. The van der Waals surface area contributed by atoms with E-state index >= 15 is 0 Å². The van der Waals surface area contributed by atoms with E-state index in [1.54, 1.807) is 6.07 Å². The molecule has 0 bridgehead atoms. The Balaban J connectivity index is 1.87. The minimum absolute atomic E-state index is 0.253. The number of methoxy groups -OCH3 is 2. The average molecular weight is 463 g/mol. The predicted octanol–water partition coefficient (Wildman–Crippen LogP) is 2.68. The Kier molecular flexibility index (Phi) is 7.99. The summed E-state index contributed by atoms with van der Waals surface area (Å²) in [5.41, 5.74) is 4.40. The Morgan fingerprint density at radius 2 is 1.76 bits per heavy atom. The fraction of sp³-hybridized carbons (Fsp3) is 0.409. The highest BCUT2D eigenvalue weighted by molar-refractivity contribution is 5.92. The number of ether oxygens (including phenoxy) is 2. The first kappa shape index (κ1) is 24.2. The van der Waals surface area contributed by atoms with Crippen molar-refractivity contribution in [2.45, 2.75) is 13.3 Å². The third-order valence-corrected chi connectivity index (χ3v) is 5.19. The lowest BCUT2D eigenvalue weighted by atomic mass is 10.1. The molecule has 1 saturated heterocycles. The van der Waals surface area contributed by atoms with Gasteiger partial charge in [0.25, 0.3) is 0 Å². The van der Waals surface area contributed by atoms with E-state index in [-0.39, 0.29) is 5.88 Å². The first-order valence-corrected chi connectivity index (χ1v) is 10.4. The Bertz CT molecular complexity index is 1010. The zero-order chi connectivity index (χ0) is 24.0. The van der Waals surface area contributed by atoms with E-state index < -0.39 is 17.6 Å². The maximum absolute atomic E-state index is 13.6. The number of nitrogens with zero attached hydrogens (tertiary/aromatic N) is 4. The first-order chi connectivity index (χ1) is 15.9. The quantitative estimate of drug-likeness (QED) is 0.303. The summed E-state index contributed by atoms with van der Waals surface area (Å²) in [6.45, 7) is 3.88. The molecular formula is C22H27F2N5O4. The second kappa shape index (κ2) is 10.9. The van der Waals surface area contributed by atoms with Crippen molar-refractivity contribution in [3.63, 3.8) is 0 Å². The van der Waals surface area contributed by atoms with Crippen molar-refractivity contribution in [1.29, 1.82) is 0 Å². The van der Waals surface area contributed by atoms with Gasteiger partial charge >= 0.3 is 5.97 Å². The molecule has 1 aliphatic rings. The van der Waals surface area contributed by atoms with E-state index in [0.717, 1.165) is 6.07 Å². The molecule has 1 aromatic heterocycles. The fourth-order valence-electron chi connectivity index (χ4n) is 3.57. The molecule has 178 valence electrons. The number of carbonyl (C=O) groups excluding carboxylic acids is 1. The van der Waals surface area contributed by atoms with Crippen molar-refractivity contribution in [2.75, 3.05) is 52.4 Å². The minimum Gasteiger partial charge on any atom is -0.479 e. The summed E-state index contributed by atoms with van der Waals surface area (Å²) in [7, 11) is 4.23. The van der Waals surface area contributed by atoms with Crippen LogP contribution < -0.4 is 15.1 Å². The molecule has 3 rings (SSSR count). The summed E-state index contributed by atoms with van der Waals surface area (Å²) in [6.07, 6.45) is 0.511. The molecule has 0 amide bonds. The highest BCUT2D eigenvalue weighted by atomic mass is 19.1. The van der Waals surface area contributed by atoms with Crippen LogP contribution in [-0.2, 0) is 16.0 Å². The number of nitrogens with one attached hydrogen (secondary N) is 1. The summed E-state index contributed by atoms with van der Waals surface area (Å²) < 4.78 is 37.4. The van der Waals surface area contributed by atoms with Gasteiger partial charge < -0.3 is 19.3 Å².